The predicted molar refractivity (Wildman–Crippen MR) is 74.5 cm³/mol. The molecular weight excluding hydrogens is 224 g/mol. The maximum atomic E-state index is 5.77. The van der Waals surface area contributed by atoms with E-state index < -0.39 is 0 Å². The molecule has 0 saturated heterocycles. The third-order valence-electron chi connectivity index (χ3n) is 3.66. The molecule has 0 atom stereocenters. The molecule has 18 heavy (non-hydrogen) atoms. The lowest BCUT2D eigenvalue weighted by molar-refractivity contribution is 0.249. The van der Waals surface area contributed by atoms with Crippen LogP contribution >= 0.6 is 0 Å². The van der Waals surface area contributed by atoms with Gasteiger partial charge in [-0.3, -0.25) is 4.90 Å². The maximum Gasteiger partial charge on any atom is 0.118 e. The van der Waals surface area contributed by atoms with Gasteiger partial charge in [0, 0.05) is 18.2 Å². The summed E-state index contributed by atoms with van der Waals surface area (Å²) in [6, 6.07) is 3.05. The van der Waals surface area contributed by atoms with Gasteiger partial charge in [0.05, 0.1) is 6.54 Å². The molecule has 2 rings (SSSR count). The van der Waals surface area contributed by atoms with Crippen molar-refractivity contribution in [3.8, 4) is 0 Å². The Kier molecular flexibility index (Phi) is 4.84. The Hall–Kier alpha value is -0.800. The van der Waals surface area contributed by atoms with Crippen LogP contribution in [0, 0.1) is 6.92 Å². The van der Waals surface area contributed by atoms with E-state index in [2.05, 4.69) is 30.1 Å². The Balaban J connectivity index is 1.96. The van der Waals surface area contributed by atoms with E-state index in [1.807, 2.05) is 7.05 Å². The highest BCUT2D eigenvalue weighted by Gasteiger charge is 2.29. The predicted octanol–water partition coefficient (Wildman–Crippen LogP) is 3.07. The number of nitrogens with zero attached hydrogens (tertiary/aromatic N) is 1. The zero-order valence-corrected chi connectivity index (χ0v) is 12.0. The minimum atomic E-state index is 0.819. The van der Waals surface area contributed by atoms with Crippen LogP contribution < -0.4 is 5.32 Å². The number of furan rings is 1. The first-order chi connectivity index (χ1) is 8.74. The molecule has 3 nitrogen and oxygen atoms in total. The number of rotatable bonds is 8. The molecule has 0 amide bonds. The summed E-state index contributed by atoms with van der Waals surface area (Å²) >= 11 is 0. The third-order valence-corrected chi connectivity index (χ3v) is 3.66. The van der Waals surface area contributed by atoms with E-state index in [-0.39, 0.29) is 0 Å². The van der Waals surface area contributed by atoms with Crippen molar-refractivity contribution in [2.45, 2.75) is 58.7 Å². The molecule has 0 aromatic carbocycles. The second-order valence-corrected chi connectivity index (χ2v) is 5.38. The van der Waals surface area contributed by atoms with Gasteiger partial charge in [0.2, 0.25) is 0 Å². The molecule has 0 spiro atoms. The van der Waals surface area contributed by atoms with E-state index >= 15 is 0 Å². The standard InChI is InChI=1S/C15H26N2O/c1-4-5-8-17(14-6-7-14)11-13-9-15(10-16-3)18-12(13)2/h9,14,16H,4-8,10-11H2,1-3H3. The molecule has 1 aromatic rings. The van der Waals surface area contributed by atoms with E-state index in [0.29, 0.717) is 0 Å². The molecule has 0 aliphatic heterocycles. The summed E-state index contributed by atoms with van der Waals surface area (Å²) in [5.41, 5.74) is 1.36. The van der Waals surface area contributed by atoms with Crippen molar-refractivity contribution in [1.82, 2.24) is 10.2 Å². The van der Waals surface area contributed by atoms with Crippen molar-refractivity contribution in [3.63, 3.8) is 0 Å². The summed E-state index contributed by atoms with van der Waals surface area (Å²) in [7, 11) is 1.95. The number of aryl methyl sites for hydroxylation is 1. The van der Waals surface area contributed by atoms with Crippen LogP contribution in [0.1, 0.15) is 49.7 Å². The molecular formula is C15H26N2O. The minimum absolute atomic E-state index is 0.819. The van der Waals surface area contributed by atoms with Crippen molar-refractivity contribution in [3.05, 3.63) is 23.2 Å². The molecule has 102 valence electrons. The van der Waals surface area contributed by atoms with Crippen LogP contribution in [0.2, 0.25) is 0 Å². The Morgan fingerprint density at radius 2 is 2.22 bits per heavy atom. The van der Waals surface area contributed by atoms with Crippen LogP contribution in [0.15, 0.2) is 10.5 Å². The van der Waals surface area contributed by atoms with E-state index in [4.69, 9.17) is 4.42 Å². The van der Waals surface area contributed by atoms with Gasteiger partial charge >= 0.3 is 0 Å². The summed E-state index contributed by atoms with van der Waals surface area (Å²) in [5.74, 6) is 2.14. The highest BCUT2D eigenvalue weighted by atomic mass is 16.3. The first-order valence-corrected chi connectivity index (χ1v) is 7.21. The lowest BCUT2D eigenvalue weighted by Crippen LogP contribution is -2.26. The van der Waals surface area contributed by atoms with Gasteiger partial charge < -0.3 is 9.73 Å². The Morgan fingerprint density at radius 3 is 2.83 bits per heavy atom. The lowest BCUT2D eigenvalue weighted by atomic mass is 10.2. The molecule has 1 saturated carbocycles. The number of unbranched alkanes of at least 4 members (excludes halogenated alkanes) is 1. The smallest absolute Gasteiger partial charge is 0.118 e. The summed E-state index contributed by atoms with van der Waals surface area (Å²) in [5, 5.41) is 3.14. The average Bonchev–Trinajstić information content (AvgIpc) is 3.12. The van der Waals surface area contributed by atoms with Crippen molar-refractivity contribution < 1.29 is 4.42 Å². The normalized spacial score (nSPS) is 15.6. The van der Waals surface area contributed by atoms with Gasteiger partial charge in [0.1, 0.15) is 11.5 Å². The zero-order chi connectivity index (χ0) is 13.0. The van der Waals surface area contributed by atoms with Gasteiger partial charge in [0.15, 0.2) is 0 Å². The molecule has 0 bridgehead atoms. The fourth-order valence-electron chi connectivity index (χ4n) is 2.42. The van der Waals surface area contributed by atoms with Crippen LogP contribution in [0.3, 0.4) is 0 Å². The van der Waals surface area contributed by atoms with Crippen molar-refractivity contribution in [2.24, 2.45) is 0 Å². The Bertz CT molecular complexity index is 369. The number of hydrogen-bond donors (Lipinski definition) is 1. The molecule has 0 unspecified atom stereocenters. The van der Waals surface area contributed by atoms with Gasteiger partial charge in [-0.15, -0.1) is 0 Å². The van der Waals surface area contributed by atoms with E-state index in [9.17, 15) is 0 Å². The molecule has 1 aliphatic carbocycles. The number of hydrogen-bond acceptors (Lipinski definition) is 3. The van der Waals surface area contributed by atoms with Crippen LogP contribution in [-0.2, 0) is 13.1 Å². The molecule has 1 aliphatic rings. The molecule has 3 heteroatoms. The Morgan fingerprint density at radius 1 is 1.44 bits per heavy atom. The summed E-state index contributed by atoms with van der Waals surface area (Å²) < 4.78 is 5.77. The van der Waals surface area contributed by atoms with Crippen LogP contribution in [0.4, 0.5) is 0 Å². The summed E-state index contributed by atoms with van der Waals surface area (Å²) in [6.07, 6.45) is 5.34. The molecule has 1 heterocycles. The molecule has 1 N–H and O–H groups in total. The van der Waals surface area contributed by atoms with E-state index in [0.717, 1.165) is 30.7 Å². The summed E-state index contributed by atoms with van der Waals surface area (Å²) in [6.45, 7) is 7.45. The van der Waals surface area contributed by atoms with Gasteiger partial charge in [-0.2, -0.15) is 0 Å². The summed E-state index contributed by atoms with van der Waals surface area (Å²) in [4.78, 5) is 2.63. The van der Waals surface area contributed by atoms with Gasteiger partial charge in [-0.25, -0.2) is 0 Å². The molecule has 0 radical (unpaired) electrons. The topological polar surface area (TPSA) is 28.4 Å². The zero-order valence-electron chi connectivity index (χ0n) is 12.0. The monoisotopic (exact) mass is 250 g/mol. The highest BCUT2D eigenvalue weighted by Crippen LogP contribution is 2.29. The average molecular weight is 250 g/mol. The van der Waals surface area contributed by atoms with Crippen molar-refractivity contribution in [1.29, 1.82) is 0 Å². The largest absolute Gasteiger partial charge is 0.465 e. The number of nitrogens with one attached hydrogen (secondary N) is 1. The lowest BCUT2D eigenvalue weighted by Gasteiger charge is -2.21. The first kappa shape index (κ1) is 13.6. The minimum Gasteiger partial charge on any atom is -0.465 e. The fourth-order valence-corrected chi connectivity index (χ4v) is 2.42. The second kappa shape index (κ2) is 6.39. The van der Waals surface area contributed by atoms with E-state index in [1.165, 1.54) is 37.8 Å². The van der Waals surface area contributed by atoms with Crippen molar-refractivity contribution in [2.75, 3.05) is 13.6 Å². The molecule has 1 aromatic heterocycles. The van der Waals surface area contributed by atoms with Crippen molar-refractivity contribution >= 4 is 0 Å². The van der Waals surface area contributed by atoms with E-state index in [1.54, 1.807) is 0 Å². The van der Waals surface area contributed by atoms with Crippen LogP contribution in [-0.4, -0.2) is 24.5 Å². The van der Waals surface area contributed by atoms with Gasteiger partial charge in [-0.1, -0.05) is 13.3 Å². The Labute approximate surface area is 111 Å². The maximum absolute atomic E-state index is 5.77. The molecule has 1 fully saturated rings. The SMILES string of the molecule is CCCCN(Cc1cc(CNC)oc1C)C1CC1. The van der Waals surface area contributed by atoms with Crippen LogP contribution in [0.25, 0.3) is 0 Å². The second-order valence-electron chi connectivity index (χ2n) is 5.38. The van der Waals surface area contributed by atoms with Gasteiger partial charge in [-0.05, 0) is 45.8 Å². The first-order valence-electron chi connectivity index (χ1n) is 7.21. The fraction of sp³-hybridized carbons (Fsp3) is 0.733. The van der Waals surface area contributed by atoms with Gasteiger partial charge in [0.25, 0.3) is 0 Å². The quantitative estimate of drug-likeness (QED) is 0.768. The van der Waals surface area contributed by atoms with Crippen LogP contribution in [0.5, 0.6) is 0 Å². The third kappa shape index (κ3) is 3.59. The highest BCUT2D eigenvalue weighted by molar-refractivity contribution is 5.21.